The molecule has 2 aliphatic rings. The molecule has 1 amide bonds. The number of rotatable bonds is 3. The van der Waals surface area contributed by atoms with Crippen LogP contribution in [0.4, 0.5) is 19.0 Å². The predicted octanol–water partition coefficient (Wildman–Crippen LogP) is 3.81. The molecule has 1 aromatic carbocycles. The Morgan fingerprint density at radius 1 is 1.18 bits per heavy atom. The van der Waals surface area contributed by atoms with Crippen molar-refractivity contribution >= 4 is 22.6 Å². The van der Waals surface area contributed by atoms with Crippen molar-refractivity contribution in [1.82, 2.24) is 14.9 Å². The molecule has 1 aliphatic heterocycles. The fourth-order valence-corrected chi connectivity index (χ4v) is 4.58. The largest absolute Gasteiger partial charge is 0.573 e. The fraction of sp³-hybridized carbons (Fsp3) is 0.348. The van der Waals surface area contributed by atoms with Crippen LogP contribution in [-0.2, 0) is 17.6 Å². The number of nitrogen functional groups attached to an aromatic ring is 1. The number of ether oxygens (including phenoxy) is 2. The van der Waals surface area contributed by atoms with Gasteiger partial charge >= 0.3 is 6.36 Å². The average Bonchev–Trinajstić information content (AvgIpc) is 3.29. The topological polar surface area (TPSA) is 90.6 Å². The van der Waals surface area contributed by atoms with Crippen LogP contribution in [0, 0.1) is 0 Å². The van der Waals surface area contributed by atoms with Gasteiger partial charge in [0.05, 0.1) is 31.0 Å². The van der Waals surface area contributed by atoms with Gasteiger partial charge in [-0.05, 0) is 54.2 Å². The number of anilines is 1. The standard InChI is InChI=1S/C23H21F3N4O3/c24-23(25,26)33-14-6-4-13(5-7-14)20-12-32-9-8-30(20)22(31)18-10-17-15-2-1-3-16(15)21(27)29-19(17)11-28-18/h4-7,10-11,20H,1-3,8-9,12H2,(H2,27,29)/t20-/m1/s1. The van der Waals surface area contributed by atoms with E-state index in [9.17, 15) is 18.0 Å². The normalized spacial score (nSPS) is 18.4. The van der Waals surface area contributed by atoms with Crippen LogP contribution in [0.25, 0.3) is 10.9 Å². The summed E-state index contributed by atoms with van der Waals surface area (Å²) in [6.07, 6.45) is -0.460. The fourth-order valence-electron chi connectivity index (χ4n) is 4.58. The molecule has 3 heterocycles. The van der Waals surface area contributed by atoms with E-state index >= 15 is 0 Å². The van der Waals surface area contributed by atoms with Gasteiger partial charge in [0.25, 0.3) is 5.91 Å². The summed E-state index contributed by atoms with van der Waals surface area (Å²) in [5.74, 6) is -0.0795. The molecule has 0 radical (unpaired) electrons. The van der Waals surface area contributed by atoms with Gasteiger partial charge in [-0.1, -0.05) is 12.1 Å². The Morgan fingerprint density at radius 3 is 2.70 bits per heavy atom. The number of hydrogen-bond acceptors (Lipinski definition) is 6. The number of morpholine rings is 1. The molecule has 1 fully saturated rings. The predicted molar refractivity (Wildman–Crippen MR) is 114 cm³/mol. The number of alkyl halides is 3. The zero-order chi connectivity index (χ0) is 23.2. The number of hydrogen-bond donors (Lipinski definition) is 1. The molecular formula is C23H21F3N4O3. The van der Waals surface area contributed by atoms with Crippen molar-refractivity contribution in [3.05, 3.63) is 58.9 Å². The minimum Gasteiger partial charge on any atom is -0.406 e. The van der Waals surface area contributed by atoms with Gasteiger partial charge in [-0.15, -0.1) is 13.2 Å². The lowest BCUT2D eigenvalue weighted by Gasteiger charge is -2.35. The first-order valence-corrected chi connectivity index (χ1v) is 10.6. The zero-order valence-corrected chi connectivity index (χ0v) is 17.6. The van der Waals surface area contributed by atoms with Crippen LogP contribution in [-0.4, -0.2) is 46.9 Å². The minimum absolute atomic E-state index is 0.228. The second kappa shape index (κ2) is 8.18. The Labute approximate surface area is 187 Å². The summed E-state index contributed by atoms with van der Waals surface area (Å²) in [5, 5.41) is 0.883. The van der Waals surface area contributed by atoms with Crippen molar-refractivity contribution in [3.63, 3.8) is 0 Å². The van der Waals surface area contributed by atoms with Crippen molar-refractivity contribution in [3.8, 4) is 5.75 Å². The Balaban J connectivity index is 1.44. The van der Waals surface area contributed by atoms with Crippen molar-refractivity contribution in [1.29, 1.82) is 0 Å². The second-order valence-electron chi connectivity index (χ2n) is 8.10. The van der Waals surface area contributed by atoms with E-state index < -0.39 is 12.4 Å². The van der Waals surface area contributed by atoms with Gasteiger partial charge in [0.2, 0.25) is 0 Å². The molecule has 1 saturated heterocycles. The molecule has 33 heavy (non-hydrogen) atoms. The number of aryl methyl sites for hydroxylation is 1. The van der Waals surface area contributed by atoms with Crippen LogP contribution in [0.5, 0.6) is 5.75 Å². The van der Waals surface area contributed by atoms with E-state index in [1.165, 1.54) is 24.3 Å². The Morgan fingerprint density at radius 2 is 1.94 bits per heavy atom. The molecule has 172 valence electrons. The third kappa shape index (κ3) is 4.18. The van der Waals surface area contributed by atoms with E-state index in [0.29, 0.717) is 30.0 Å². The zero-order valence-electron chi connectivity index (χ0n) is 17.6. The van der Waals surface area contributed by atoms with E-state index in [0.717, 1.165) is 35.8 Å². The van der Waals surface area contributed by atoms with Gasteiger partial charge < -0.3 is 20.1 Å². The Bertz CT molecular complexity index is 1210. The molecule has 2 aromatic heterocycles. The number of amides is 1. The summed E-state index contributed by atoms with van der Waals surface area (Å²) in [5.41, 5.74) is 9.83. The first kappa shape index (κ1) is 21.4. The highest BCUT2D eigenvalue weighted by atomic mass is 19.4. The van der Waals surface area contributed by atoms with Gasteiger partial charge in [-0.3, -0.25) is 4.79 Å². The molecule has 1 atom stereocenters. The molecule has 3 aromatic rings. The third-order valence-electron chi connectivity index (χ3n) is 6.08. The number of benzene rings is 1. The van der Waals surface area contributed by atoms with Crippen molar-refractivity contribution < 1.29 is 27.4 Å². The van der Waals surface area contributed by atoms with Gasteiger partial charge in [-0.2, -0.15) is 0 Å². The van der Waals surface area contributed by atoms with Crippen LogP contribution in [0.2, 0.25) is 0 Å². The Kier molecular flexibility index (Phi) is 5.32. The molecule has 0 saturated carbocycles. The molecule has 0 spiro atoms. The number of fused-ring (bicyclic) bond motifs is 3. The van der Waals surface area contributed by atoms with Gasteiger partial charge in [0, 0.05) is 11.9 Å². The number of pyridine rings is 2. The molecule has 5 rings (SSSR count). The highest BCUT2D eigenvalue weighted by Crippen LogP contribution is 2.33. The van der Waals surface area contributed by atoms with Gasteiger partial charge in [0.15, 0.2) is 0 Å². The first-order valence-electron chi connectivity index (χ1n) is 10.6. The summed E-state index contributed by atoms with van der Waals surface area (Å²) in [6.45, 7) is 0.924. The third-order valence-corrected chi connectivity index (χ3v) is 6.08. The van der Waals surface area contributed by atoms with E-state index in [4.69, 9.17) is 10.5 Å². The maximum atomic E-state index is 13.4. The number of halogens is 3. The summed E-state index contributed by atoms with van der Waals surface area (Å²) < 4.78 is 46.9. The van der Waals surface area contributed by atoms with E-state index in [1.807, 2.05) is 0 Å². The number of aromatic nitrogens is 2. The molecule has 10 heteroatoms. The van der Waals surface area contributed by atoms with Crippen LogP contribution < -0.4 is 10.5 Å². The molecule has 7 nitrogen and oxygen atoms in total. The lowest BCUT2D eigenvalue weighted by atomic mass is 10.0. The van der Waals surface area contributed by atoms with Crippen molar-refractivity contribution in [2.24, 2.45) is 0 Å². The minimum atomic E-state index is -4.76. The highest BCUT2D eigenvalue weighted by molar-refractivity contribution is 5.97. The molecular weight excluding hydrogens is 437 g/mol. The van der Waals surface area contributed by atoms with Crippen molar-refractivity contribution in [2.75, 3.05) is 25.5 Å². The SMILES string of the molecule is Nc1nc2cnc(C(=O)N3CCOC[C@@H]3c3ccc(OC(F)(F)F)cc3)cc2c2c1CCC2. The van der Waals surface area contributed by atoms with E-state index in [1.54, 1.807) is 17.2 Å². The van der Waals surface area contributed by atoms with Crippen LogP contribution in [0.15, 0.2) is 36.5 Å². The lowest BCUT2D eigenvalue weighted by molar-refractivity contribution is -0.274. The summed E-state index contributed by atoms with van der Waals surface area (Å²) >= 11 is 0. The summed E-state index contributed by atoms with van der Waals surface area (Å²) in [6, 6.07) is 6.78. The highest BCUT2D eigenvalue weighted by Gasteiger charge is 2.33. The first-order chi connectivity index (χ1) is 15.8. The van der Waals surface area contributed by atoms with Crippen LogP contribution in [0.3, 0.4) is 0 Å². The van der Waals surface area contributed by atoms with E-state index in [-0.39, 0.29) is 24.0 Å². The Hall–Kier alpha value is -3.40. The van der Waals surface area contributed by atoms with Gasteiger partial charge in [-0.25, -0.2) is 9.97 Å². The quantitative estimate of drug-likeness (QED) is 0.642. The number of carbonyl (C=O) groups is 1. The molecule has 1 aliphatic carbocycles. The number of nitrogens with two attached hydrogens (primary N) is 1. The average molecular weight is 458 g/mol. The summed E-state index contributed by atoms with van der Waals surface area (Å²) in [7, 11) is 0. The molecule has 2 N–H and O–H groups in total. The molecule has 0 bridgehead atoms. The van der Waals surface area contributed by atoms with Crippen molar-refractivity contribution in [2.45, 2.75) is 31.7 Å². The van der Waals surface area contributed by atoms with Crippen LogP contribution in [0.1, 0.15) is 39.6 Å². The van der Waals surface area contributed by atoms with E-state index in [2.05, 4.69) is 14.7 Å². The van der Waals surface area contributed by atoms with Crippen LogP contribution >= 0.6 is 0 Å². The number of nitrogens with zero attached hydrogens (tertiary/aromatic N) is 3. The van der Waals surface area contributed by atoms with Gasteiger partial charge in [0.1, 0.15) is 17.3 Å². The lowest BCUT2D eigenvalue weighted by Crippen LogP contribution is -2.43. The second-order valence-corrected chi connectivity index (χ2v) is 8.10. The molecule has 0 unspecified atom stereocenters. The maximum Gasteiger partial charge on any atom is 0.573 e. The summed E-state index contributed by atoms with van der Waals surface area (Å²) in [4.78, 5) is 23.9. The maximum absolute atomic E-state index is 13.4. The monoisotopic (exact) mass is 458 g/mol. The smallest absolute Gasteiger partial charge is 0.406 e. The number of carbonyl (C=O) groups excluding carboxylic acids is 1.